The summed E-state index contributed by atoms with van der Waals surface area (Å²) in [6.07, 6.45) is 7.07. The molecule has 0 aromatic carbocycles. The van der Waals surface area contributed by atoms with Crippen LogP contribution in [0.1, 0.15) is 19.3 Å². The standard InChI is InChI=1S/C11H15N3O/c15-11(14-7-2-1-3-8-14)13-10-5-4-6-12-9-10/h4-6,9H,1-3,7-8H2,(H,13,15)/p+1. The van der Waals surface area contributed by atoms with Gasteiger partial charge in [0.15, 0.2) is 12.4 Å². The molecule has 1 saturated heterocycles. The van der Waals surface area contributed by atoms with Crippen LogP contribution in [0.5, 0.6) is 0 Å². The Morgan fingerprint density at radius 3 is 2.80 bits per heavy atom. The second-order valence-electron chi connectivity index (χ2n) is 3.77. The van der Waals surface area contributed by atoms with Gasteiger partial charge in [-0.05, 0) is 25.3 Å². The lowest BCUT2D eigenvalue weighted by Crippen LogP contribution is -2.38. The summed E-state index contributed by atoms with van der Waals surface area (Å²) >= 11 is 0. The van der Waals surface area contributed by atoms with Crippen molar-refractivity contribution in [3.8, 4) is 0 Å². The van der Waals surface area contributed by atoms with Crippen molar-refractivity contribution in [3.63, 3.8) is 0 Å². The quantitative estimate of drug-likeness (QED) is 0.744. The number of carbonyl (C=O) groups excluding carboxylic acids is 1. The maximum Gasteiger partial charge on any atom is 0.322 e. The SMILES string of the molecule is O=C(Nc1ccc[nH+]c1)N1CCCCC1. The minimum absolute atomic E-state index is 0.00861. The lowest BCUT2D eigenvalue weighted by Gasteiger charge is -2.26. The van der Waals surface area contributed by atoms with Crippen molar-refractivity contribution in [2.24, 2.45) is 0 Å². The number of aromatic amines is 1. The van der Waals surface area contributed by atoms with Crippen LogP contribution in [0, 0.1) is 0 Å². The van der Waals surface area contributed by atoms with Crippen molar-refractivity contribution >= 4 is 11.7 Å². The highest BCUT2D eigenvalue weighted by atomic mass is 16.2. The highest BCUT2D eigenvalue weighted by molar-refractivity contribution is 5.88. The molecule has 0 spiro atoms. The number of anilines is 1. The lowest BCUT2D eigenvalue weighted by molar-refractivity contribution is -0.377. The first kappa shape index (κ1) is 9.96. The molecule has 4 heteroatoms. The molecular weight excluding hydrogens is 190 g/mol. The minimum Gasteiger partial charge on any atom is -0.325 e. The highest BCUT2D eigenvalue weighted by Crippen LogP contribution is 2.10. The van der Waals surface area contributed by atoms with E-state index in [0.29, 0.717) is 0 Å². The van der Waals surface area contributed by atoms with E-state index >= 15 is 0 Å². The van der Waals surface area contributed by atoms with E-state index in [-0.39, 0.29) is 6.03 Å². The number of carbonyl (C=O) groups is 1. The Labute approximate surface area is 89.3 Å². The van der Waals surface area contributed by atoms with E-state index in [1.165, 1.54) is 6.42 Å². The van der Waals surface area contributed by atoms with Crippen molar-refractivity contribution in [2.45, 2.75) is 19.3 Å². The van der Waals surface area contributed by atoms with E-state index in [9.17, 15) is 4.79 Å². The average molecular weight is 206 g/mol. The molecule has 2 N–H and O–H groups in total. The molecular formula is C11H16N3O+. The first-order chi connectivity index (χ1) is 7.36. The summed E-state index contributed by atoms with van der Waals surface area (Å²) in [6, 6.07) is 3.75. The van der Waals surface area contributed by atoms with Gasteiger partial charge in [-0.3, -0.25) is 0 Å². The Hall–Kier alpha value is -1.58. The number of amides is 2. The Morgan fingerprint density at radius 2 is 2.13 bits per heavy atom. The van der Waals surface area contributed by atoms with Crippen molar-refractivity contribution in [3.05, 3.63) is 24.5 Å². The number of likely N-dealkylation sites (tertiary alicyclic amines) is 1. The zero-order valence-electron chi connectivity index (χ0n) is 8.70. The Balaban J connectivity index is 1.91. The van der Waals surface area contributed by atoms with E-state index < -0.39 is 0 Å². The van der Waals surface area contributed by atoms with Crippen LogP contribution in [0.25, 0.3) is 0 Å². The third-order valence-electron chi connectivity index (χ3n) is 2.60. The van der Waals surface area contributed by atoms with Crippen LogP contribution in [0.2, 0.25) is 0 Å². The average Bonchev–Trinajstić information content (AvgIpc) is 2.31. The molecule has 0 bridgehead atoms. The molecule has 0 saturated carbocycles. The fourth-order valence-electron chi connectivity index (χ4n) is 1.77. The van der Waals surface area contributed by atoms with E-state index in [0.717, 1.165) is 31.6 Å². The molecule has 0 radical (unpaired) electrons. The van der Waals surface area contributed by atoms with Crippen molar-refractivity contribution in [2.75, 3.05) is 18.4 Å². The molecule has 15 heavy (non-hydrogen) atoms. The number of hydrogen-bond donors (Lipinski definition) is 1. The van der Waals surface area contributed by atoms with Crippen LogP contribution < -0.4 is 10.3 Å². The van der Waals surface area contributed by atoms with Gasteiger partial charge in [-0.25, -0.2) is 9.78 Å². The van der Waals surface area contributed by atoms with Crippen LogP contribution in [0.3, 0.4) is 0 Å². The summed E-state index contributed by atoms with van der Waals surface area (Å²) in [7, 11) is 0. The largest absolute Gasteiger partial charge is 0.325 e. The number of nitrogens with one attached hydrogen (secondary N) is 2. The van der Waals surface area contributed by atoms with E-state index in [1.807, 2.05) is 23.2 Å². The van der Waals surface area contributed by atoms with Gasteiger partial charge in [-0.15, -0.1) is 0 Å². The van der Waals surface area contributed by atoms with E-state index in [2.05, 4.69) is 10.3 Å². The third kappa shape index (κ3) is 2.68. The van der Waals surface area contributed by atoms with Gasteiger partial charge < -0.3 is 10.2 Å². The van der Waals surface area contributed by atoms with Gasteiger partial charge in [-0.1, -0.05) is 0 Å². The first-order valence-corrected chi connectivity index (χ1v) is 5.38. The molecule has 1 fully saturated rings. The summed E-state index contributed by atoms with van der Waals surface area (Å²) in [5, 5.41) is 2.87. The smallest absolute Gasteiger partial charge is 0.322 e. The van der Waals surface area contributed by atoms with Crippen molar-refractivity contribution < 1.29 is 9.78 Å². The number of H-pyrrole nitrogens is 1. The fourth-order valence-corrected chi connectivity index (χ4v) is 1.77. The van der Waals surface area contributed by atoms with E-state index in [1.54, 1.807) is 6.20 Å². The predicted molar refractivity (Wildman–Crippen MR) is 57.4 cm³/mol. The highest BCUT2D eigenvalue weighted by Gasteiger charge is 2.16. The summed E-state index contributed by atoms with van der Waals surface area (Å²) in [5.41, 5.74) is 0.813. The zero-order valence-corrected chi connectivity index (χ0v) is 8.70. The molecule has 0 unspecified atom stereocenters. The molecule has 4 nitrogen and oxygen atoms in total. The van der Waals surface area contributed by atoms with Crippen molar-refractivity contribution in [1.29, 1.82) is 0 Å². The van der Waals surface area contributed by atoms with Gasteiger partial charge in [0.2, 0.25) is 0 Å². The molecule has 0 atom stereocenters. The summed E-state index contributed by atoms with van der Waals surface area (Å²) < 4.78 is 0. The lowest BCUT2D eigenvalue weighted by atomic mass is 10.1. The van der Waals surface area contributed by atoms with Crippen LogP contribution in [0.15, 0.2) is 24.5 Å². The number of pyridine rings is 1. The second kappa shape index (κ2) is 4.77. The number of piperidine rings is 1. The number of rotatable bonds is 1. The Bertz CT molecular complexity index is 320. The zero-order chi connectivity index (χ0) is 10.5. The van der Waals surface area contributed by atoms with Crippen LogP contribution in [-0.2, 0) is 0 Å². The van der Waals surface area contributed by atoms with Gasteiger partial charge in [-0.2, -0.15) is 0 Å². The molecule has 2 rings (SSSR count). The summed E-state index contributed by atoms with van der Waals surface area (Å²) in [5.74, 6) is 0. The van der Waals surface area contributed by atoms with Crippen LogP contribution in [-0.4, -0.2) is 24.0 Å². The van der Waals surface area contributed by atoms with Gasteiger partial charge in [0.05, 0.1) is 0 Å². The van der Waals surface area contributed by atoms with Gasteiger partial charge >= 0.3 is 6.03 Å². The van der Waals surface area contributed by atoms with Crippen LogP contribution >= 0.6 is 0 Å². The molecule has 0 aliphatic carbocycles. The third-order valence-corrected chi connectivity index (χ3v) is 2.60. The van der Waals surface area contributed by atoms with Gasteiger partial charge in [0.1, 0.15) is 5.69 Å². The molecule has 1 aliphatic rings. The number of hydrogen-bond acceptors (Lipinski definition) is 1. The molecule has 2 amide bonds. The van der Waals surface area contributed by atoms with Gasteiger partial charge in [0.25, 0.3) is 0 Å². The Kier molecular flexibility index (Phi) is 3.17. The Morgan fingerprint density at radius 1 is 1.33 bits per heavy atom. The molecule has 1 aromatic heterocycles. The maximum absolute atomic E-state index is 11.8. The van der Waals surface area contributed by atoms with Crippen LogP contribution in [0.4, 0.5) is 10.5 Å². The minimum atomic E-state index is 0.00861. The first-order valence-electron chi connectivity index (χ1n) is 5.38. The normalized spacial score (nSPS) is 16.1. The molecule has 1 aromatic rings. The molecule has 2 heterocycles. The van der Waals surface area contributed by atoms with Crippen molar-refractivity contribution in [1.82, 2.24) is 4.90 Å². The number of nitrogens with zero attached hydrogens (tertiary/aromatic N) is 1. The number of aromatic nitrogens is 1. The monoisotopic (exact) mass is 206 g/mol. The summed E-state index contributed by atoms with van der Waals surface area (Å²) in [4.78, 5) is 16.6. The molecule has 80 valence electrons. The van der Waals surface area contributed by atoms with Gasteiger partial charge in [0, 0.05) is 19.2 Å². The second-order valence-corrected chi connectivity index (χ2v) is 3.77. The number of urea groups is 1. The molecule has 1 aliphatic heterocycles. The fraction of sp³-hybridized carbons (Fsp3) is 0.455. The maximum atomic E-state index is 11.8. The van der Waals surface area contributed by atoms with E-state index in [4.69, 9.17) is 0 Å². The topological polar surface area (TPSA) is 46.5 Å². The summed E-state index contributed by atoms with van der Waals surface area (Å²) in [6.45, 7) is 1.75. The predicted octanol–water partition coefficient (Wildman–Crippen LogP) is 1.52.